The summed E-state index contributed by atoms with van der Waals surface area (Å²) in [6.45, 7) is 1.80. The Morgan fingerprint density at radius 2 is 2.08 bits per heavy atom. The van der Waals surface area contributed by atoms with E-state index in [0.717, 1.165) is 9.87 Å². The minimum absolute atomic E-state index is 0.134. The van der Waals surface area contributed by atoms with E-state index in [4.69, 9.17) is 0 Å². The summed E-state index contributed by atoms with van der Waals surface area (Å²) in [7, 11) is 1.17. The molecule has 10 heteroatoms. The van der Waals surface area contributed by atoms with Crippen LogP contribution >= 0.6 is 11.8 Å². The van der Waals surface area contributed by atoms with E-state index in [-0.39, 0.29) is 16.6 Å². The maximum Gasteiger partial charge on any atom is 0.242 e. The summed E-state index contributed by atoms with van der Waals surface area (Å²) >= 11 is 1.25. The Labute approximate surface area is 145 Å². The molecule has 0 bridgehead atoms. The first kappa shape index (κ1) is 18.4. The van der Waals surface area contributed by atoms with Crippen LogP contribution in [0.4, 0.5) is 5.69 Å². The van der Waals surface area contributed by atoms with Gasteiger partial charge in [0.25, 0.3) is 0 Å². The number of carbonyl (C=O) groups excluding carboxylic acids is 1. The fourth-order valence-electron chi connectivity index (χ4n) is 1.83. The van der Waals surface area contributed by atoms with Crippen LogP contribution in [0.5, 0.6) is 0 Å². The van der Waals surface area contributed by atoms with Gasteiger partial charge in [0.05, 0.1) is 10.6 Å². The average molecular weight is 369 g/mol. The topological polar surface area (TPSA) is 97.2 Å². The third-order valence-corrected chi connectivity index (χ3v) is 6.11. The quantitative estimate of drug-likeness (QED) is 0.766. The van der Waals surface area contributed by atoms with Crippen molar-refractivity contribution in [3.8, 4) is 0 Å². The number of rotatable bonds is 6. The van der Waals surface area contributed by atoms with E-state index in [0.29, 0.717) is 10.8 Å². The summed E-state index contributed by atoms with van der Waals surface area (Å²) in [6.07, 6.45) is 1.56. The monoisotopic (exact) mass is 369 g/mol. The third-order valence-electron chi connectivity index (χ3n) is 3.26. The van der Waals surface area contributed by atoms with Crippen LogP contribution in [0, 0.1) is 6.92 Å². The van der Waals surface area contributed by atoms with Crippen LogP contribution in [0.1, 0.15) is 5.56 Å². The van der Waals surface area contributed by atoms with Crippen molar-refractivity contribution in [3.63, 3.8) is 0 Å². The molecule has 0 spiro atoms. The minimum Gasteiger partial charge on any atom is -0.325 e. The number of aromatic nitrogens is 3. The number of hydrogen-bond acceptors (Lipinski definition) is 6. The molecule has 130 valence electrons. The van der Waals surface area contributed by atoms with E-state index in [1.165, 1.54) is 38.0 Å². The Balaban J connectivity index is 2.11. The van der Waals surface area contributed by atoms with Gasteiger partial charge in [-0.3, -0.25) is 4.79 Å². The average Bonchev–Trinajstić information content (AvgIpc) is 2.92. The first-order valence-electron chi connectivity index (χ1n) is 7.01. The van der Waals surface area contributed by atoms with E-state index in [2.05, 4.69) is 15.5 Å². The summed E-state index contributed by atoms with van der Waals surface area (Å²) < 4.78 is 27.2. The number of sulfonamides is 1. The lowest BCUT2D eigenvalue weighted by Gasteiger charge is -2.14. The SMILES string of the molecule is Cc1ccc(S(=O)(=O)N(C)C)cc1NC(=O)CSc1nncn1C. The summed E-state index contributed by atoms with van der Waals surface area (Å²) in [5.74, 6) is -0.0955. The highest BCUT2D eigenvalue weighted by Gasteiger charge is 2.18. The van der Waals surface area contributed by atoms with Crippen LogP contribution in [-0.2, 0) is 21.9 Å². The highest BCUT2D eigenvalue weighted by molar-refractivity contribution is 7.99. The van der Waals surface area contributed by atoms with Crippen LogP contribution in [0.3, 0.4) is 0 Å². The number of hydrogen-bond donors (Lipinski definition) is 1. The number of carbonyl (C=O) groups is 1. The van der Waals surface area contributed by atoms with Gasteiger partial charge in [0, 0.05) is 26.8 Å². The van der Waals surface area contributed by atoms with Crippen LogP contribution in [0.25, 0.3) is 0 Å². The van der Waals surface area contributed by atoms with Gasteiger partial charge in [-0.25, -0.2) is 12.7 Å². The van der Waals surface area contributed by atoms with Crippen molar-refractivity contribution in [2.24, 2.45) is 7.05 Å². The fraction of sp³-hybridized carbons (Fsp3) is 0.357. The maximum atomic E-state index is 12.2. The second kappa shape index (κ2) is 7.32. The second-order valence-electron chi connectivity index (χ2n) is 5.33. The van der Waals surface area contributed by atoms with Gasteiger partial charge >= 0.3 is 0 Å². The van der Waals surface area contributed by atoms with E-state index in [9.17, 15) is 13.2 Å². The van der Waals surface area contributed by atoms with Gasteiger partial charge in [-0.1, -0.05) is 17.8 Å². The summed E-state index contributed by atoms with van der Waals surface area (Å²) in [4.78, 5) is 12.3. The number of benzene rings is 1. The molecule has 0 aliphatic carbocycles. The number of thioether (sulfide) groups is 1. The molecule has 2 aromatic rings. The molecule has 0 radical (unpaired) electrons. The molecule has 0 fully saturated rings. The molecule has 0 aliphatic heterocycles. The standard InChI is InChI=1S/C14H19N5O3S2/c1-10-5-6-11(24(21,22)18(2)3)7-12(10)16-13(20)8-23-14-17-15-9-19(14)4/h5-7,9H,8H2,1-4H3,(H,16,20). The summed E-state index contributed by atoms with van der Waals surface area (Å²) in [5, 5.41) is 11.0. The van der Waals surface area contributed by atoms with Crippen molar-refractivity contribution < 1.29 is 13.2 Å². The predicted octanol–water partition coefficient (Wildman–Crippen LogP) is 1.10. The Hall–Kier alpha value is -1.91. The van der Waals surface area contributed by atoms with Crippen LogP contribution in [-0.4, -0.2) is 53.2 Å². The lowest BCUT2D eigenvalue weighted by molar-refractivity contribution is -0.113. The Morgan fingerprint density at radius 3 is 2.67 bits per heavy atom. The molecular formula is C14H19N5O3S2. The molecule has 1 aromatic carbocycles. The Morgan fingerprint density at radius 1 is 1.38 bits per heavy atom. The number of nitrogens with one attached hydrogen (secondary N) is 1. The largest absolute Gasteiger partial charge is 0.325 e. The molecule has 1 N–H and O–H groups in total. The number of nitrogens with zero attached hydrogens (tertiary/aromatic N) is 4. The predicted molar refractivity (Wildman–Crippen MR) is 92.4 cm³/mol. The number of anilines is 1. The molecule has 0 saturated carbocycles. The number of amides is 1. The van der Waals surface area contributed by atoms with Gasteiger partial charge in [-0.2, -0.15) is 0 Å². The van der Waals surface area contributed by atoms with Crippen molar-refractivity contribution in [2.45, 2.75) is 17.0 Å². The van der Waals surface area contributed by atoms with E-state index in [1.54, 1.807) is 30.9 Å². The molecule has 24 heavy (non-hydrogen) atoms. The molecule has 8 nitrogen and oxygen atoms in total. The molecule has 2 rings (SSSR count). The third kappa shape index (κ3) is 4.13. The number of aryl methyl sites for hydroxylation is 2. The van der Waals surface area contributed by atoms with Gasteiger partial charge in [-0.15, -0.1) is 10.2 Å². The van der Waals surface area contributed by atoms with Crippen molar-refractivity contribution >= 4 is 33.4 Å². The van der Waals surface area contributed by atoms with Gasteiger partial charge in [-0.05, 0) is 24.6 Å². The second-order valence-corrected chi connectivity index (χ2v) is 8.42. The van der Waals surface area contributed by atoms with Gasteiger partial charge in [0.15, 0.2) is 5.16 Å². The first-order chi connectivity index (χ1) is 11.2. The minimum atomic E-state index is -3.55. The van der Waals surface area contributed by atoms with Crippen molar-refractivity contribution in [2.75, 3.05) is 25.2 Å². The molecule has 0 saturated heterocycles. The zero-order valence-corrected chi connectivity index (χ0v) is 15.5. The molecule has 1 aromatic heterocycles. The van der Waals surface area contributed by atoms with Crippen LogP contribution in [0.15, 0.2) is 34.6 Å². The zero-order chi connectivity index (χ0) is 17.9. The van der Waals surface area contributed by atoms with E-state index < -0.39 is 10.0 Å². The van der Waals surface area contributed by atoms with E-state index >= 15 is 0 Å². The molecule has 0 unspecified atom stereocenters. The van der Waals surface area contributed by atoms with Crippen molar-refractivity contribution in [1.29, 1.82) is 0 Å². The molecule has 1 heterocycles. The highest BCUT2D eigenvalue weighted by atomic mass is 32.2. The smallest absolute Gasteiger partial charge is 0.242 e. The zero-order valence-electron chi connectivity index (χ0n) is 13.8. The first-order valence-corrected chi connectivity index (χ1v) is 9.44. The Bertz CT molecular complexity index is 846. The summed E-state index contributed by atoms with van der Waals surface area (Å²) in [6, 6.07) is 4.66. The normalized spacial score (nSPS) is 11.7. The maximum absolute atomic E-state index is 12.2. The Kier molecular flexibility index (Phi) is 5.62. The van der Waals surface area contributed by atoms with Crippen LogP contribution < -0.4 is 5.32 Å². The highest BCUT2D eigenvalue weighted by Crippen LogP contribution is 2.22. The molecule has 1 amide bonds. The summed E-state index contributed by atoms with van der Waals surface area (Å²) in [5.41, 5.74) is 1.26. The fourth-order valence-corrected chi connectivity index (χ4v) is 3.44. The lowest BCUT2D eigenvalue weighted by Crippen LogP contribution is -2.22. The van der Waals surface area contributed by atoms with Gasteiger partial charge < -0.3 is 9.88 Å². The van der Waals surface area contributed by atoms with Crippen molar-refractivity contribution in [3.05, 3.63) is 30.1 Å². The van der Waals surface area contributed by atoms with Gasteiger partial charge in [0.2, 0.25) is 15.9 Å². The molecule has 0 atom stereocenters. The molecular weight excluding hydrogens is 350 g/mol. The lowest BCUT2D eigenvalue weighted by atomic mass is 10.2. The van der Waals surface area contributed by atoms with Gasteiger partial charge in [0.1, 0.15) is 6.33 Å². The molecule has 0 aliphatic rings. The van der Waals surface area contributed by atoms with Crippen molar-refractivity contribution in [1.82, 2.24) is 19.1 Å². The van der Waals surface area contributed by atoms with Crippen LogP contribution in [0.2, 0.25) is 0 Å². The van der Waals surface area contributed by atoms with E-state index in [1.807, 2.05) is 0 Å².